The highest BCUT2D eigenvalue weighted by atomic mass is 16.7. The molecule has 388 valence electrons. The number of imide groups is 1. The molecule has 2 saturated heterocycles. The number of nitrogens with zero attached hydrogens (tertiary/aromatic N) is 1. The summed E-state index contributed by atoms with van der Waals surface area (Å²) in [7, 11) is 0. The number of rotatable bonds is 11. The summed E-state index contributed by atoms with van der Waals surface area (Å²) in [5.41, 5.74) is -3.82. The van der Waals surface area contributed by atoms with Gasteiger partial charge in [0.25, 0.3) is 11.8 Å². The van der Waals surface area contributed by atoms with Crippen LogP contribution < -0.4 is 21.3 Å². The molecule has 1 aromatic carbocycles. The maximum absolute atomic E-state index is 13.6. The third-order valence-corrected chi connectivity index (χ3v) is 10.8. The number of aliphatic hydroxyl groups is 5. The molecule has 0 aromatic heterocycles. The fourth-order valence-corrected chi connectivity index (χ4v) is 7.92. The Labute approximate surface area is 399 Å². The summed E-state index contributed by atoms with van der Waals surface area (Å²) < 4.78 is 46.7. The molecule has 1 saturated carbocycles. The third-order valence-electron chi connectivity index (χ3n) is 10.8. The molecule has 3 heterocycles. The topological polar surface area (TPSA) is 329 Å². The summed E-state index contributed by atoms with van der Waals surface area (Å²) in [6, 6.07) is 1.61. The van der Waals surface area contributed by atoms with Crippen molar-refractivity contribution in [2.75, 3.05) is 13.1 Å². The molecule has 3 aliphatic heterocycles. The summed E-state index contributed by atoms with van der Waals surface area (Å²) in [4.78, 5) is 80.2. The lowest BCUT2D eigenvalue weighted by Gasteiger charge is -2.49. The fraction of sp³-hybridized carbons (Fsp3) is 0.733. The highest BCUT2D eigenvalue weighted by molar-refractivity contribution is 6.21. The second-order valence-corrected chi connectivity index (χ2v) is 21.3. The molecular weight excluding hydrogens is 915 g/mol. The van der Waals surface area contributed by atoms with Crippen LogP contribution in [0, 0.1) is 0 Å². The van der Waals surface area contributed by atoms with Gasteiger partial charge in [-0.1, -0.05) is 12.1 Å². The molecule has 24 heteroatoms. The van der Waals surface area contributed by atoms with Crippen molar-refractivity contribution >= 4 is 36.2 Å². The smallest absolute Gasteiger partial charge is 0.408 e. The first-order chi connectivity index (χ1) is 31.7. The minimum absolute atomic E-state index is 0.116. The highest BCUT2D eigenvalue weighted by Gasteiger charge is 2.56. The molecule has 1 aromatic rings. The van der Waals surface area contributed by atoms with Gasteiger partial charge < -0.3 is 84.7 Å². The highest BCUT2D eigenvalue weighted by Crippen LogP contribution is 2.35. The summed E-state index contributed by atoms with van der Waals surface area (Å²) in [6.45, 7) is 18.1. The van der Waals surface area contributed by atoms with Crippen LogP contribution >= 0.6 is 0 Å². The minimum Gasteiger partial charge on any atom is -0.444 e. The van der Waals surface area contributed by atoms with Crippen LogP contribution in [-0.4, -0.2) is 188 Å². The Balaban J connectivity index is 1.54. The van der Waals surface area contributed by atoms with Crippen LogP contribution in [-0.2, 0) is 37.9 Å². The number of fused-ring (bicyclic) bond motifs is 1. The maximum Gasteiger partial charge on any atom is 0.408 e. The summed E-state index contributed by atoms with van der Waals surface area (Å²) in [5.74, 6) is -1.36. The number of benzene rings is 1. The minimum atomic E-state index is -1.93. The van der Waals surface area contributed by atoms with Gasteiger partial charge in [-0.15, -0.1) is 0 Å². The number of ether oxygens (including phenoxy) is 8. The zero-order valence-corrected chi connectivity index (χ0v) is 40.9. The van der Waals surface area contributed by atoms with Crippen molar-refractivity contribution in [2.45, 2.75) is 198 Å². The van der Waals surface area contributed by atoms with E-state index in [2.05, 4.69) is 21.3 Å². The first-order valence-electron chi connectivity index (χ1n) is 22.6. The average molecular weight is 984 g/mol. The Bertz CT molecular complexity index is 1990. The second kappa shape index (κ2) is 21.2. The largest absolute Gasteiger partial charge is 0.444 e. The predicted molar refractivity (Wildman–Crippen MR) is 237 cm³/mol. The van der Waals surface area contributed by atoms with Crippen LogP contribution in [0.1, 0.15) is 110 Å². The van der Waals surface area contributed by atoms with Crippen molar-refractivity contribution in [3.05, 3.63) is 35.4 Å². The Morgan fingerprint density at radius 2 is 1.00 bits per heavy atom. The van der Waals surface area contributed by atoms with Crippen LogP contribution in [0.2, 0.25) is 0 Å². The summed E-state index contributed by atoms with van der Waals surface area (Å²) >= 11 is 0. The van der Waals surface area contributed by atoms with E-state index in [-0.39, 0.29) is 17.5 Å². The molecule has 0 radical (unpaired) electrons. The van der Waals surface area contributed by atoms with E-state index in [0.717, 1.165) is 4.90 Å². The number of nitrogens with one attached hydrogen (secondary N) is 4. The van der Waals surface area contributed by atoms with Crippen molar-refractivity contribution in [1.29, 1.82) is 0 Å². The Morgan fingerprint density at radius 3 is 1.51 bits per heavy atom. The van der Waals surface area contributed by atoms with Gasteiger partial charge in [0.1, 0.15) is 83.4 Å². The standard InChI is InChI=1S/C45H69N5O19/c1-42(2,3)66-38(58)46-18-24-28(52)30(54)26(49-41(61)69-45(10,11)12)36(62-24)64-32-23(48-40(60)68-44(7,8)9)17-22(47-39(59)67-43(4,5)6)27(51)33(32)65-37-31(55)29(53)25(63-37)19-50-34(56)20-15-13-14-16-21(20)35(50)57/h13-16,22-33,36-37,51-55H,17-19H2,1-12H3,(H,46,58)(H,47,59)(H,48,60)(H,49,61)/t22-,23+,24-,25-,26-,27+,28-,29-,30-,31-,32-,33-,36-,37+/m1/s1. The van der Waals surface area contributed by atoms with Gasteiger partial charge in [-0.3, -0.25) is 14.5 Å². The quantitative estimate of drug-likeness (QED) is 0.110. The number of alkyl carbamates (subject to hydrolysis) is 4. The lowest BCUT2D eigenvalue weighted by Crippen LogP contribution is -2.70. The molecule has 1 aliphatic carbocycles. The first-order valence-corrected chi connectivity index (χ1v) is 22.6. The number of hydrogen-bond acceptors (Lipinski definition) is 19. The predicted octanol–water partition coefficient (Wildman–Crippen LogP) is 0.916. The van der Waals surface area contributed by atoms with Gasteiger partial charge in [-0.05, 0) is 102 Å². The fourth-order valence-electron chi connectivity index (χ4n) is 7.92. The van der Waals surface area contributed by atoms with Crippen LogP contribution in [0.25, 0.3) is 0 Å². The molecule has 5 rings (SSSR count). The zero-order valence-electron chi connectivity index (χ0n) is 40.9. The van der Waals surface area contributed by atoms with Gasteiger partial charge >= 0.3 is 24.4 Å². The molecule has 14 atom stereocenters. The molecule has 24 nitrogen and oxygen atoms in total. The van der Waals surface area contributed by atoms with Crippen LogP contribution in [0.3, 0.4) is 0 Å². The Morgan fingerprint density at radius 1 is 0.565 bits per heavy atom. The van der Waals surface area contributed by atoms with Crippen molar-refractivity contribution in [1.82, 2.24) is 26.2 Å². The first kappa shape index (κ1) is 55.0. The van der Waals surface area contributed by atoms with E-state index in [1.807, 2.05) is 0 Å². The second-order valence-electron chi connectivity index (χ2n) is 21.3. The molecule has 3 fully saturated rings. The van der Waals surface area contributed by atoms with E-state index >= 15 is 0 Å². The van der Waals surface area contributed by atoms with Crippen molar-refractivity contribution < 1.29 is 92.2 Å². The number of carbonyl (C=O) groups excluding carboxylic acids is 6. The van der Waals surface area contributed by atoms with Crippen LogP contribution in [0.15, 0.2) is 24.3 Å². The number of aliphatic hydroxyl groups excluding tert-OH is 5. The van der Waals surface area contributed by atoms with E-state index in [4.69, 9.17) is 37.9 Å². The van der Waals surface area contributed by atoms with E-state index in [1.54, 1.807) is 95.2 Å². The van der Waals surface area contributed by atoms with Gasteiger partial charge in [0, 0.05) is 6.54 Å². The van der Waals surface area contributed by atoms with Crippen molar-refractivity contribution in [3.8, 4) is 0 Å². The van der Waals surface area contributed by atoms with E-state index in [0.29, 0.717) is 0 Å². The van der Waals surface area contributed by atoms with E-state index in [9.17, 15) is 54.3 Å². The maximum atomic E-state index is 13.6. The van der Waals surface area contributed by atoms with Gasteiger partial charge in [0.05, 0.1) is 29.8 Å². The molecule has 0 unspecified atom stereocenters. The van der Waals surface area contributed by atoms with Crippen molar-refractivity contribution in [2.24, 2.45) is 0 Å². The van der Waals surface area contributed by atoms with Gasteiger partial charge in [-0.25, -0.2) is 19.2 Å². The number of carbonyl (C=O) groups is 6. The van der Waals surface area contributed by atoms with Gasteiger partial charge in [-0.2, -0.15) is 0 Å². The molecule has 6 amide bonds. The SMILES string of the molecule is CC(C)(C)OC(=O)NC[C@H]1O[C@H](O[C@H]2[C@H](O[C@@H]3O[C@H](CN4C(=O)c5ccccc5C4=O)[C@@H](O)[C@H]3O)[C@@H](O)[C@H](NC(=O)OC(C)(C)C)C[C@@H]2NC(=O)OC(C)(C)C)[C@H](NC(=O)OC(C)(C)C)[C@@H](O)[C@@H]1O. The zero-order chi connectivity index (χ0) is 51.7. The van der Waals surface area contributed by atoms with Crippen LogP contribution in [0.5, 0.6) is 0 Å². The monoisotopic (exact) mass is 983 g/mol. The van der Waals surface area contributed by atoms with E-state index in [1.165, 1.54) is 12.1 Å². The molecular formula is C45H69N5O19. The van der Waals surface area contributed by atoms with Crippen molar-refractivity contribution in [3.63, 3.8) is 0 Å². The lowest BCUT2D eigenvalue weighted by atomic mass is 9.83. The molecule has 0 spiro atoms. The third kappa shape index (κ3) is 14.6. The Hall–Kier alpha value is -4.92. The number of hydrogen-bond donors (Lipinski definition) is 9. The normalized spacial score (nSPS) is 31.9. The van der Waals surface area contributed by atoms with Crippen LogP contribution in [0.4, 0.5) is 19.2 Å². The lowest BCUT2D eigenvalue weighted by molar-refractivity contribution is -0.310. The molecule has 9 N–H and O–H groups in total. The molecule has 69 heavy (non-hydrogen) atoms. The van der Waals surface area contributed by atoms with Gasteiger partial charge in [0.2, 0.25) is 0 Å². The molecule has 0 bridgehead atoms. The Kier molecular flexibility index (Phi) is 16.9. The summed E-state index contributed by atoms with van der Waals surface area (Å²) in [5, 5.41) is 68.0. The van der Waals surface area contributed by atoms with E-state index < -0.39 is 157 Å². The summed E-state index contributed by atoms with van der Waals surface area (Å²) in [6.07, 6.45) is -24.0. The van der Waals surface area contributed by atoms with Gasteiger partial charge in [0.15, 0.2) is 12.6 Å². The number of amides is 6. The molecule has 4 aliphatic rings. The average Bonchev–Trinajstić information content (AvgIpc) is 3.59.